The predicted molar refractivity (Wildman–Crippen MR) is 64.5 cm³/mol. The van der Waals surface area contributed by atoms with E-state index in [0.29, 0.717) is 6.54 Å². The quantitative estimate of drug-likeness (QED) is 0.849. The monoisotopic (exact) mass is 261 g/mol. The van der Waals surface area contributed by atoms with Gasteiger partial charge in [-0.25, -0.2) is 0 Å². The molecule has 0 aliphatic heterocycles. The maximum atomic E-state index is 12.1. The van der Waals surface area contributed by atoms with Crippen molar-refractivity contribution in [2.75, 3.05) is 20.2 Å². The summed E-state index contributed by atoms with van der Waals surface area (Å²) in [6.45, 7) is 2.13. The summed E-state index contributed by atoms with van der Waals surface area (Å²) < 4.78 is 41.5. The van der Waals surface area contributed by atoms with Crippen LogP contribution in [0.3, 0.4) is 0 Å². The van der Waals surface area contributed by atoms with Gasteiger partial charge in [-0.2, -0.15) is 13.2 Å². The SMILES string of the molecule is CNCC(OCCC(F)(F)F)c1ccc(C)cc1. The summed E-state index contributed by atoms with van der Waals surface area (Å²) in [7, 11) is 1.74. The molecule has 0 aliphatic carbocycles. The van der Waals surface area contributed by atoms with Crippen LogP contribution in [0.5, 0.6) is 0 Å². The molecule has 102 valence electrons. The number of ether oxygens (including phenoxy) is 1. The van der Waals surface area contributed by atoms with Crippen LogP contribution in [0, 0.1) is 6.92 Å². The zero-order valence-corrected chi connectivity index (χ0v) is 10.6. The van der Waals surface area contributed by atoms with Gasteiger partial charge in [0.1, 0.15) is 0 Å². The van der Waals surface area contributed by atoms with Gasteiger partial charge in [-0.3, -0.25) is 0 Å². The average molecular weight is 261 g/mol. The lowest BCUT2D eigenvalue weighted by Gasteiger charge is -2.18. The van der Waals surface area contributed by atoms with E-state index in [1.807, 2.05) is 31.2 Å². The van der Waals surface area contributed by atoms with E-state index in [-0.39, 0.29) is 12.7 Å². The molecule has 0 saturated heterocycles. The van der Waals surface area contributed by atoms with Gasteiger partial charge in [0.05, 0.1) is 19.1 Å². The van der Waals surface area contributed by atoms with Crippen molar-refractivity contribution in [2.24, 2.45) is 0 Å². The van der Waals surface area contributed by atoms with Crippen LogP contribution in [0.4, 0.5) is 13.2 Å². The molecule has 1 N–H and O–H groups in total. The van der Waals surface area contributed by atoms with E-state index >= 15 is 0 Å². The highest BCUT2D eigenvalue weighted by Crippen LogP contribution is 2.22. The first-order valence-electron chi connectivity index (χ1n) is 5.82. The minimum atomic E-state index is -4.17. The minimum Gasteiger partial charge on any atom is -0.372 e. The van der Waals surface area contributed by atoms with Crippen molar-refractivity contribution in [2.45, 2.75) is 25.6 Å². The van der Waals surface area contributed by atoms with Gasteiger partial charge in [-0.05, 0) is 19.5 Å². The molecule has 0 saturated carbocycles. The smallest absolute Gasteiger partial charge is 0.372 e. The third-order valence-electron chi connectivity index (χ3n) is 2.54. The number of hydrogen-bond donors (Lipinski definition) is 1. The molecule has 0 spiro atoms. The van der Waals surface area contributed by atoms with Crippen molar-refractivity contribution in [3.05, 3.63) is 35.4 Å². The first-order valence-corrected chi connectivity index (χ1v) is 5.82. The Hall–Kier alpha value is -1.07. The molecule has 1 rings (SSSR count). The molecule has 18 heavy (non-hydrogen) atoms. The Morgan fingerprint density at radius 3 is 2.33 bits per heavy atom. The topological polar surface area (TPSA) is 21.3 Å². The third-order valence-corrected chi connectivity index (χ3v) is 2.54. The van der Waals surface area contributed by atoms with Gasteiger partial charge < -0.3 is 10.1 Å². The second-order valence-corrected chi connectivity index (χ2v) is 4.19. The van der Waals surface area contributed by atoms with Crippen LogP contribution in [-0.4, -0.2) is 26.4 Å². The van der Waals surface area contributed by atoms with Gasteiger partial charge in [-0.1, -0.05) is 29.8 Å². The molecule has 0 aromatic heterocycles. The zero-order chi connectivity index (χ0) is 13.6. The minimum absolute atomic E-state index is 0.316. The van der Waals surface area contributed by atoms with Crippen molar-refractivity contribution in [1.82, 2.24) is 5.32 Å². The highest BCUT2D eigenvalue weighted by Gasteiger charge is 2.27. The van der Waals surface area contributed by atoms with E-state index in [1.165, 1.54) is 0 Å². The third kappa shape index (κ3) is 5.51. The van der Waals surface area contributed by atoms with Gasteiger partial charge >= 0.3 is 6.18 Å². The van der Waals surface area contributed by atoms with Crippen LogP contribution in [0.25, 0.3) is 0 Å². The summed E-state index contributed by atoms with van der Waals surface area (Å²) in [5.74, 6) is 0. The van der Waals surface area contributed by atoms with Gasteiger partial charge in [0.15, 0.2) is 0 Å². The number of likely N-dealkylation sites (N-methyl/N-ethyl adjacent to an activating group) is 1. The summed E-state index contributed by atoms with van der Waals surface area (Å²) in [6.07, 6.45) is -5.44. The van der Waals surface area contributed by atoms with Crippen LogP contribution in [-0.2, 0) is 4.74 Å². The number of hydrogen-bond acceptors (Lipinski definition) is 2. The van der Waals surface area contributed by atoms with Crippen LogP contribution in [0.15, 0.2) is 24.3 Å². The van der Waals surface area contributed by atoms with Gasteiger partial charge in [-0.15, -0.1) is 0 Å². The van der Waals surface area contributed by atoms with E-state index in [2.05, 4.69) is 5.32 Å². The summed E-state index contributed by atoms with van der Waals surface area (Å²) in [4.78, 5) is 0. The molecule has 0 radical (unpaired) electrons. The van der Waals surface area contributed by atoms with Crippen molar-refractivity contribution in [3.63, 3.8) is 0 Å². The summed E-state index contributed by atoms with van der Waals surface area (Å²) >= 11 is 0. The Morgan fingerprint density at radius 2 is 1.83 bits per heavy atom. The molecule has 0 fully saturated rings. The van der Waals surface area contributed by atoms with E-state index in [9.17, 15) is 13.2 Å². The molecule has 5 heteroatoms. The lowest BCUT2D eigenvalue weighted by Crippen LogP contribution is -2.22. The Bertz CT molecular complexity index is 348. The molecule has 1 atom stereocenters. The highest BCUT2D eigenvalue weighted by molar-refractivity contribution is 5.23. The van der Waals surface area contributed by atoms with Crippen LogP contribution < -0.4 is 5.32 Å². The fourth-order valence-corrected chi connectivity index (χ4v) is 1.56. The Labute approximate surface area is 105 Å². The van der Waals surface area contributed by atoms with Gasteiger partial charge in [0.2, 0.25) is 0 Å². The number of nitrogens with one attached hydrogen (secondary N) is 1. The predicted octanol–water partition coefficient (Wildman–Crippen LogP) is 3.22. The summed E-state index contributed by atoms with van der Waals surface area (Å²) in [5, 5.41) is 2.92. The molecular weight excluding hydrogens is 243 g/mol. The standard InChI is InChI=1S/C13H18F3NO/c1-10-3-5-11(6-4-10)12(9-17-2)18-8-7-13(14,15)16/h3-6,12,17H,7-9H2,1-2H3. The van der Waals surface area contributed by atoms with Crippen molar-refractivity contribution < 1.29 is 17.9 Å². The van der Waals surface area contributed by atoms with Gasteiger partial charge in [0, 0.05) is 6.54 Å². The van der Waals surface area contributed by atoms with Crippen molar-refractivity contribution in [1.29, 1.82) is 0 Å². The number of alkyl halides is 3. The number of aryl methyl sites for hydroxylation is 1. The normalized spacial score (nSPS) is 13.6. The molecule has 2 nitrogen and oxygen atoms in total. The number of halogens is 3. The molecule has 0 aliphatic rings. The molecule has 0 bridgehead atoms. The van der Waals surface area contributed by atoms with E-state index in [4.69, 9.17) is 4.74 Å². The zero-order valence-electron chi connectivity index (χ0n) is 10.6. The molecular formula is C13H18F3NO. The Morgan fingerprint density at radius 1 is 1.22 bits per heavy atom. The summed E-state index contributed by atoms with van der Waals surface area (Å²) in [6, 6.07) is 7.60. The fourth-order valence-electron chi connectivity index (χ4n) is 1.56. The Kier molecular flexibility index (Phi) is 5.62. The second-order valence-electron chi connectivity index (χ2n) is 4.19. The maximum Gasteiger partial charge on any atom is 0.391 e. The van der Waals surface area contributed by atoms with E-state index in [0.717, 1.165) is 11.1 Å². The van der Waals surface area contributed by atoms with Gasteiger partial charge in [0.25, 0.3) is 0 Å². The number of benzene rings is 1. The van der Waals surface area contributed by atoms with E-state index in [1.54, 1.807) is 7.05 Å². The average Bonchev–Trinajstić information content (AvgIpc) is 2.27. The molecule has 1 aromatic rings. The van der Waals surface area contributed by atoms with E-state index < -0.39 is 12.6 Å². The largest absolute Gasteiger partial charge is 0.391 e. The molecule has 0 heterocycles. The van der Waals surface area contributed by atoms with Crippen LogP contribution in [0.1, 0.15) is 23.7 Å². The fraction of sp³-hybridized carbons (Fsp3) is 0.538. The van der Waals surface area contributed by atoms with Crippen LogP contribution >= 0.6 is 0 Å². The lowest BCUT2D eigenvalue weighted by molar-refractivity contribution is -0.149. The Balaban J connectivity index is 2.57. The van der Waals surface area contributed by atoms with Crippen LogP contribution in [0.2, 0.25) is 0 Å². The highest BCUT2D eigenvalue weighted by atomic mass is 19.4. The first-order chi connectivity index (χ1) is 8.42. The second kappa shape index (κ2) is 6.75. The molecule has 1 aromatic carbocycles. The first kappa shape index (κ1) is 15.0. The number of rotatable bonds is 6. The lowest BCUT2D eigenvalue weighted by atomic mass is 10.1. The summed E-state index contributed by atoms with van der Waals surface area (Å²) in [5.41, 5.74) is 1.99. The van der Waals surface area contributed by atoms with Crippen molar-refractivity contribution >= 4 is 0 Å². The molecule has 1 unspecified atom stereocenters. The van der Waals surface area contributed by atoms with Crippen molar-refractivity contribution in [3.8, 4) is 0 Å². The maximum absolute atomic E-state index is 12.1. The molecule has 0 amide bonds.